The van der Waals surface area contributed by atoms with E-state index in [1.54, 1.807) is 24.1 Å². The molecule has 176 valence electrons. The van der Waals surface area contributed by atoms with E-state index in [9.17, 15) is 9.59 Å². The number of anilines is 5. The van der Waals surface area contributed by atoms with Gasteiger partial charge >= 0.3 is 0 Å². The fraction of sp³-hybridized carbons (Fsp3) is 0.280. The van der Waals surface area contributed by atoms with Crippen LogP contribution in [-0.2, 0) is 9.59 Å². The van der Waals surface area contributed by atoms with Crippen LogP contribution in [0, 0.1) is 12.8 Å². The van der Waals surface area contributed by atoms with E-state index in [1.807, 2.05) is 56.3 Å². The lowest BCUT2D eigenvalue weighted by Gasteiger charge is -2.17. The first kappa shape index (κ1) is 23.0. The Balaban J connectivity index is 1.36. The monoisotopic (exact) mass is 460 g/mol. The fourth-order valence-electron chi connectivity index (χ4n) is 3.79. The molecule has 34 heavy (non-hydrogen) atoms. The van der Waals surface area contributed by atoms with E-state index in [-0.39, 0.29) is 18.2 Å². The van der Waals surface area contributed by atoms with Crippen molar-refractivity contribution < 1.29 is 14.3 Å². The fourth-order valence-corrected chi connectivity index (χ4v) is 3.79. The number of hydrogen-bond donors (Lipinski definition) is 3. The molecule has 1 saturated heterocycles. The average molecular weight is 461 g/mol. The highest BCUT2D eigenvalue weighted by Crippen LogP contribution is 2.28. The van der Waals surface area contributed by atoms with Crippen LogP contribution in [0.1, 0.15) is 19.0 Å². The molecule has 4 rings (SSSR count). The molecule has 1 atom stereocenters. The van der Waals surface area contributed by atoms with Crippen molar-refractivity contribution in [3.05, 3.63) is 60.3 Å². The first-order valence-electron chi connectivity index (χ1n) is 11.2. The molecule has 2 aromatic carbocycles. The summed E-state index contributed by atoms with van der Waals surface area (Å²) in [6.45, 7) is 4.99. The molecular formula is C25H28N6O3. The van der Waals surface area contributed by atoms with Gasteiger partial charge in [0.1, 0.15) is 11.6 Å². The number of aromatic nitrogens is 2. The van der Waals surface area contributed by atoms with Crippen molar-refractivity contribution in [3.8, 4) is 5.75 Å². The van der Waals surface area contributed by atoms with Gasteiger partial charge in [0, 0.05) is 48.3 Å². The van der Waals surface area contributed by atoms with E-state index >= 15 is 0 Å². The molecule has 0 spiro atoms. The van der Waals surface area contributed by atoms with Crippen molar-refractivity contribution >= 4 is 40.6 Å². The quantitative estimate of drug-likeness (QED) is 0.467. The molecule has 1 aromatic heterocycles. The van der Waals surface area contributed by atoms with Crippen LogP contribution in [0.2, 0.25) is 0 Å². The summed E-state index contributed by atoms with van der Waals surface area (Å²) >= 11 is 0. The van der Waals surface area contributed by atoms with Crippen molar-refractivity contribution in [1.82, 2.24) is 9.97 Å². The molecule has 0 saturated carbocycles. The number of benzene rings is 2. The van der Waals surface area contributed by atoms with Crippen LogP contribution in [0.5, 0.6) is 5.75 Å². The Hall–Kier alpha value is -4.14. The number of hydrogen-bond acceptors (Lipinski definition) is 7. The number of methoxy groups -OCH3 is 1. The Labute approximate surface area is 198 Å². The van der Waals surface area contributed by atoms with Crippen LogP contribution in [0.25, 0.3) is 0 Å². The highest BCUT2D eigenvalue weighted by Gasteiger charge is 2.35. The van der Waals surface area contributed by atoms with Crippen molar-refractivity contribution in [2.24, 2.45) is 5.92 Å². The third-order valence-corrected chi connectivity index (χ3v) is 5.49. The van der Waals surface area contributed by atoms with E-state index in [0.717, 1.165) is 29.4 Å². The second-order valence-electron chi connectivity index (χ2n) is 8.04. The molecule has 0 aliphatic carbocycles. The SMILES string of the molecule is CCNc1nc(C)cc(Nc2ccc(NC(=O)C3CC(=O)N(c4ccc(OC)cc4)C3)cc2)n1. The summed E-state index contributed by atoms with van der Waals surface area (Å²) in [5, 5.41) is 9.28. The summed E-state index contributed by atoms with van der Waals surface area (Å²) in [7, 11) is 1.59. The lowest BCUT2D eigenvalue weighted by atomic mass is 10.1. The van der Waals surface area contributed by atoms with Gasteiger partial charge in [0.15, 0.2) is 0 Å². The zero-order valence-electron chi connectivity index (χ0n) is 19.5. The second kappa shape index (κ2) is 10.2. The van der Waals surface area contributed by atoms with Crippen LogP contribution in [-0.4, -0.2) is 42.0 Å². The highest BCUT2D eigenvalue weighted by molar-refractivity contribution is 6.03. The van der Waals surface area contributed by atoms with E-state index in [4.69, 9.17) is 4.74 Å². The molecule has 3 N–H and O–H groups in total. The molecule has 0 bridgehead atoms. The summed E-state index contributed by atoms with van der Waals surface area (Å²) in [6, 6.07) is 16.5. The third-order valence-electron chi connectivity index (χ3n) is 5.49. The Morgan fingerprint density at radius 1 is 1.09 bits per heavy atom. The largest absolute Gasteiger partial charge is 0.497 e. The minimum atomic E-state index is -0.416. The highest BCUT2D eigenvalue weighted by atomic mass is 16.5. The normalized spacial score (nSPS) is 15.2. The third kappa shape index (κ3) is 5.43. The molecule has 3 aromatic rings. The van der Waals surface area contributed by atoms with Crippen molar-refractivity contribution in [2.75, 3.05) is 41.0 Å². The number of rotatable bonds is 8. The minimum Gasteiger partial charge on any atom is -0.497 e. The summed E-state index contributed by atoms with van der Waals surface area (Å²) in [4.78, 5) is 35.7. The molecule has 1 aliphatic rings. The predicted molar refractivity (Wildman–Crippen MR) is 133 cm³/mol. The van der Waals surface area contributed by atoms with Crippen molar-refractivity contribution in [3.63, 3.8) is 0 Å². The number of ether oxygens (including phenoxy) is 1. The Morgan fingerprint density at radius 2 is 1.79 bits per heavy atom. The minimum absolute atomic E-state index is 0.0676. The Bertz CT molecular complexity index is 1160. The van der Waals surface area contributed by atoms with E-state index in [0.29, 0.717) is 24.0 Å². The van der Waals surface area contributed by atoms with Crippen LogP contribution in [0.3, 0.4) is 0 Å². The molecule has 1 aliphatic heterocycles. The maximum Gasteiger partial charge on any atom is 0.229 e. The molecule has 2 amide bonds. The van der Waals surface area contributed by atoms with Gasteiger partial charge in [0.2, 0.25) is 17.8 Å². The van der Waals surface area contributed by atoms with Gasteiger partial charge in [-0.25, -0.2) is 4.98 Å². The number of amides is 2. The van der Waals surface area contributed by atoms with E-state index < -0.39 is 5.92 Å². The van der Waals surface area contributed by atoms with Crippen molar-refractivity contribution in [2.45, 2.75) is 20.3 Å². The summed E-state index contributed by atoms with van der Waals surface area (Å²) in [5.41, 5.74) is 3.11. The first-order valence-corrected chi connectivity index (χ1v) is 11.2. The smallest absolute Gasteiger partial charge is 0.229 e. The van der Waals surface area contributed by atoms with Gasteiger partial charge in [-0.15, -0.1) is 0 Å². The van der Waals surface area contributed by atoms with Crippen LogP contribution < -0.4 is 25.6 Å². The van der Waals surface area contributed by atoms with Crippen molar-refractivity contribution in [1.29, 1.82) is 0 Å². The zero-order valence-corrected chi connectivity index (χ0v) is 19.5. The lowest BCUT2D eigenvalue weighted by Crippen LogP contribution is -2.28. The predicted octanol–water partition coefficient (Wildman–Crippen LogP) is 3.96. The lowest BCUT2D eigenvalue weighted by molar-refractivity contribution is -0.122. The standard InChI is InChI=1S/C25H28N6O3/c1-4-26-25-27-16(2)13-22(30-25)28-18-5-7-19(8-6-18)29-24(33)17-14-23(32)31(15-17)20-9-11-21(34-3)12-10-20/h5-13,17H,4,14-15H2,1-3H3,(H,29,33)(H2,26,27,28,30). The van der Waals surface area contributed by atoms with Gasteiger partial charge in [-0.3, -0.25) is 9.59 Å². The number of carbonyl (C=O) groups is 2. The molecule has 9 nitrogen and oxygen atoms in total. The van der Waals surface area contributed by atoms with Gasteiger partial charge in [-0.05, 0) is 62.4 Å². The molecule has 1 unspecified atom stereocenters. The zero-order chi connectivity index (χ0) is 24.1. The maximum absolute atomic E-state index is 12.8. The number of nitrogens with zero attached hydrogens (tertiary/aromatic N) is 3. The van der Waals surface area contributed by atoms with E-state index in [2.05, 4.69) is 25.9 Å². The molecule has 2 heterocycles. The Morgan fingerprint density at radius 3 is 2.47 bits per heavy atom. The van der Waals surface area contributed by atoms with Crippen LogP contribution in [0.4, 0.5) is 28.8 Å². The summed E-state index contributed by atoms with van der Waals surface area (Å²) in [6.07, 6.45) is 0.179. The number of nitrogens with one attached hydrogen (secondary N) is 3. The molecular weight excluding hydrogens is 432 g/mol. The Kier molecular flexibility index (Phi) is 6.91. The topological polar surface area (TPSA) is 108 Å². The second-order valence-corrected chi connectivity index (χ2v) is 8.04. The summed E-state index contributed by atoms with van der Waals surface area (Å²) in [5.74, 6) is 1.32. The summed E-state index contributed by atoms with van der Waals surface area (Å²) < 4.78 is 5.17. The van der Waals surface area contributed by atoms with Crippen LogP contribution >= 0.6 is 0 Å². The molecule has 1 fully saturated rings. The average Bonchev–Trinajstić information content (AvgIpc) is 3.22. The maximum atomic E-state index is 12.8. The van der Waals surface area contributed by atoms with Crippen LogP contribution in [0.15, 0.2) is 54.6 Å². The first-order chi connectivity index (χ1) is 16.4. The molecule has 9 heteroatoms. The van der Waals surface area contributed by atoms with Gasteiger partial charge in [-0.2, -0.15) is 4.98 Å². The van der Waals surface area contributed by atoms with Gasteiger partial charge in [0.25, 0.3) is 0 Å². The van der Waals surface area contributed by atoms with Gasteiger partial charge < -0.3 is 25.6 Å². The van der Waals surface area contributed by atoms with E-state index in [1.165, 1.54) is 0 Å². The van der Waals surface area contributed by atoms with Gasteiger partial charge in [0.05, 0.1) is 13.0 Å². The van der Waals surface area contributed by atoms with Gasteiger partial charge in [-0.1, -0.05) is 0 Å². The number of aryl methyl sites for hydroxylation is 1. The number of carbonyl (C=O) groups excluding carboxylic acids is 2. The molecule has 0 radical (unpaired) electrons.